The van der Waals surface area contributed by atoms with Crippen molar-refractivity contribution in [2.24, 2.45) is 22.7 Å². The first kappa shape index (κ1) is 28.1. The highest BCUT2D eigenvalue weighted by molar-refractivity contribution is 8.14. The third-order valence-electron chi connectivity index (χ3n) is 7.54. The number of fused-ring (bicyclic) bond motifs is 1. The summed E-state index contributed by atoms with van der Waals surface area (Å²) in [4.78, 5) is 43.8. The quantitative estimate of drug-likeness (QED) is 0.299. The van der Waals surface area contributed by atoms with Crippen molar-refractivity contribution in [2.45, 2.75) is 45.6 Å². The molecule has 2 amide bonds. The summed E-state index contributed by atoms with van der Waals surface area (Å²) in [5.41, 5.74) is 3.03. The van der Waals surface area contributed by atoms with Crippen LogP contribution in [0.4, 0.5) is 11.5 Å². The number of thioether (sulfide) groups is 1. The van der Waals surface area contributed by atoms with E-state index in [2.05, 4.69) is 20.8 Å². The molecule has 8 nitrogen and oxygen atoms in total. The first-order valence-electron chi connectivity index (χ1n) is 13.5. The molecule has 40 heavy (non-hydrogen) atoms. The van der Waals surface area contributed by atoms with E-state index in [0.29, 0.717) is 46.0 Å². The number of amides is 2. The van der Waals surface area contributed by atoms with E-state index in [1.165, 1.54) is 11.8 Å². The van der Waals surface area contributed by atoms with E-state index >= 15 is 0 Å². The average molecular weight is 578 g/mol. The molecule has 0 spiro atoms. The van der Waals surface area contributed by atoms with Gasteiger partial charge < -0.3 is 10.6 Å². The molecule has 1 saturated carbocycles. The lowest BCUT2D eigenvalue weighted by Crippen LogP contribution is -2.34. The lowest BCUT2D eigenvalue weighted by Gasteiger charge is -2.31. The van der Waals surface area contributed by atoms with Gasteiger partial charge in [-0.1, -0.05) is 41.9 Å². The van der Waals surface area contributed by atoms with E-state index in [4.69, 9.17) is 16.6 Å². The van der Waals surface area contributed by atoms with Crippen LogP contribution in [0.1, 0.15) is 53.7 Å². The van der Waals surface area contributed by atoms with Crippen molar-refractivity contribution >= 4 is 57.5 Å². The van der Waals surface area contributed by atoms with Crippen LogP contribution >= 0.6 is 23.4 Å². The molecule has 0 radical (unpaired) electrons. The number of carbonyl (C=O) groups is 3. The second kappa shape index (κ2) is 12.8. The third kappa shape index (κ3) is 6.82. The number of ketones is 1. The second-order valence-corrected chi connectivity index (χ2v) is 11.8. The molecule has 1 aliphatic carbocycles. The first-order valence-corrected chi connectivity index (χ1v) is 14.9. The maximum Gasteiger partial charge on any atom is 0.235 e. The van der Waals surface area contributed by atoms with Crippen molar-refractivity contribution in [3.05, 3.63) is 76.4 Å². The zero-order valence-corrected chi connectivity index (χ0v) is 23.9. The number of halogens is 1. The molecular weight excluding hydrogens is 546 g/mol. The number of aryl methyl sites for hydroxylation is 1. The van der Waals surface area contributed by atoms with Crippen LogP contribution in [0.3, 0.4) is 0 Å². The number of aromatic nitrogens is 2. The summed E-state index contributed by atoms with van der Waals surface area (Å²) in [5, 5.41) is 14.0. The van der Waals surface area contributed by atoms with Crippen molar-refractivity contribution < 1.29 is 14.4 Å². The zero-order valence-electron chi connectivity index (χ0n) is 22.3. The number of para-hydroxylation sites is 1. The molecule has 1 unspecified atom stereocenters. The molecule has 0 bridgehead atoms. The maximum atomic E-state index is 13.6. The summed E-state index contributed by atoms with van der Waals surface area (Å²) in [5.74, 6) is 0.377. The first-order chi connectivity index (χ1) is 19.4. The fraction of sp³-hybridized carbons (Fsp3) is 0.367. The summed E-state index contributed by atoms with van der Waals surface area (Å²) in [6.45, 7) is 2.28. The molecule has 2 aromatic carbocycles. The van der Waals surface area contributed by atoms with Gasteiger partial charge in [-0.3, -0.25) is 19.5 Å². The third-order valence-corrected chi connectivity index (χ3v) is 8.98. The summed E-state index contributed by atoms with van der Waals surface area (Å²) in [6.07, 6.45) is 3.95. The van der Waals surface area contributed by atoms with Crippen LogP contribution in [0, 0.1) is 24.7 Å². The topological polar surface area (TPSA) is 116 Å². The van der Waals surface area contributed by atoms with E-state index in [-0.39, 0.29) is 29.3 Å². The van der Waals surface area contributed by atoms with Crippen molar-refractivity contribution in [2.75, 3.05) is 11.1 Å². The van der Waals surface area contributed by atoms with Crippen LogP contribution in [0.2, 0.25) is 5.02 Å². The fourth-order valence-electron chi connectivity index (χ4n) is 5.38. The molecule has 10 heteroatoms. The molecule has 208 valence electrons. The molecule has 0 saturated heterocycles. The number of nitrogens with zero attached hydrogens (tertiary/aromatic N) is 2. The van der Waals surface area contributed by atoms with E-state index in [9.17, 15) is 14.4 Å². The maximum absolute atomic E-state index is 13.6. The number of benzene rings is 2. The van der Waals surface area contributed by atoms with Gasteiger partial charge in [-0.15, -0.1) is 11.8 Å². The SMILES string of the molecule is Cc1cc(NC(=O)CSC2=Nc3ccccc3C(=O)C2CC2CCC(C(=O)NCc3ccccc3Cl)CC2)n[nH]1. The Morgan fingerprint density at radius 1 is 1.07 bits per heavy atom. The fourth-order valence-corrected chi connectivity index (χ4v) is 6.50. The van der Waals surface area contributed by atoms with Gasteiger partial charge in [0.05, 0.1) is 22.4 Å². The van der Waals surface area contributed by atoms with Crippen molar-refractivity contribution in [3.63, 3.8) is 0 Å². The van der Waals surface area contributed by atoms with Gasteiger partial charge >= 0.3 is 0 Å². The molecule has 1 aromatic heterocycles. The average Bonchev–Trinajstić information content (AvgIpc) is 3.37. The van der Waals surface area contributed by atoms with Gasteiger partial charge in [0, 0.05) is 34.8 Å². The number of aromatic amines is 1. The Hall–Kier alpha value is -3.43. The Balaban J connectivity index is 1.18. The number of nitrogens with one attached hydrogen (secondary N) is 3. The lowest BCUT2D eigenvalue weighted by molar-refractivity contribution is -0.126. The van der Waals surface area contributed by atoms with Crippen molar-refractivity contribution in [1.82, 2.24) is 15.5 Å². The molecule has 3 aromatic rings. The minimum atomic E-state index is -0.393. The highest BCUT2D eigenvalue weighted by Gasteiger charge is 2.36. The van der Waals surface area contributed by atoms with Crippen LogP contribution < -0.4 is 10.6 Å². The predicted molar refractivity (Wildman–Crippen MR) is 159 cm³/mol. The minimum absolute atomic E-state index is 0.0431. The van der Waals surface area contributed by atoms with Crippen molar-refractivity contribution in [3.8, 4) is 0 Å². The molecule has 1 fully saturated rings. The zero-order chi connectivity index (χ0) is 28.1. The van der Waals surface area contributed by atoms with E-state index in [1.807, 2.05) is 55.5 Å². The van der Waals surface area contributed by atoms with Crippen LogP contribution in [-0.4, -0.2) is 38.6 Å². The molecular formula is C30H32ClN5O3S. The predicted octanol–water partition coefficient (Wildman–Crippen LogP) is 6.10. The number of aliphatic imine (C=N–C) groups is 1. The minimum Gasteiger partial charge on any atom is -0.352 e. The Kier molecular flexibility index (Phi) is 9.01. The Labute approximate surface area is 242 Å². The summed E-state index contributed by atoms with van der Waals surface area (Å²) >= 11 is 7.53. The Morgan fingerprint density at radius 2 is 1.82 bits per heavy atom. The number of rotatable bonds is 8. The molecule has 2 aliphatic rings. The Bertz CT molecular complexity index is 1430. The van der Waals surface area contributed by atoms with E-state index in [1.54, 1.807) is 6.07 Å². The number of hydrogen-bond acceptors (Lipinski definition) is 6. The standard InChI is InChI=1S/C30H32ClN5O3S/c1-18-14-26(36-35-18)34-27(37)17-40-30-23(28(38)22-7-3-5-9-25(22)33-30)15-19-10-12-20(13-11-19)29(39)32-16-21-6-2-4-8-24(21)31/h2-9,14,19-20,23H,10-13,15-17H2,1H3,(H,32,39)(H2,34,35,36,37). The number of anilines is 1. The Morgan fingerprint density at radius 3 is 2.58 bits per heavy atom. The van der Waals surface area contributed by atoms with E-state index in [0.717, 1.165) is 36.9 Å². The smallest absolute Gasteiger partial charge is 0.235 e. The van der Waals surface area contributed by atoms with Gasteiger partial charge in [0.25, 0.3) is 0 Å². The molecule has 1 atom stereocenters. The van der Waals surface area contributed by atoms with Gasteiger partial charge in [0.1, 0.15) is 0 Å². The largest absolute Gasteiger partial charge is 0.352 e. The normalized spacial score (nSPS) is 20.4. The summed E-state index contributed by atoms with van der Waals surface area (Å²) in [6, 6.07) is 16.7. The summed E-state index contributed by atoms with van der Waals surface area (Å²) < 4.78 is 0. The molecule has 2 heterocycles. The van der Waals surface area contributed by atoms with Gasteiger partial charge in [-0.2, -0.15) is 5.10 Å². The lowest BCUT2D eigenvalue weighted by atomic mass is 9.76. The number of H-pyrrole nitrogens is 1. The van der Waals surface area contributed by atoms with Gasteiger partial charge in [-0.05, 0) is 68.7 Å². The number of Topliss-reactive ketones (excluding diaryl/α,β-unsaturated/α-hetero) is 1. The molecule has 1 aliphatic heterocycles. The molecule has 5 rings (SSSR count). The second-order valence-electron chi connectivity index (χ2n) is 10.4. The van der Waals surface area contributed by atoms with Gasteiger partial charge in [0.2, 0.25) is 11.8 Å². The highest BCUT2D eigenvalue weighted by Crippen LogP contribution is 2.39. The monoisotopic (exact) mass is 577 g/mol. The number of carbonyl (C=O) groups excluding carboxylic acids is 3. The van der Waals surface area contributed by atoms with E-state index < -0.39 is 5.92 Å². The van der Waals surface area contributed by atoms with Crippen LogP contribution in [0.5, 0.6) is 0 Å². The molecule has 3 N–H and O–H groups in total. The summed E-state index contributed by atoms with van der Waals surface area (Å²) in [7, 11) is 0. The van der Waals surface area contributed by atoms with Crippen LogP contribution in [0.15, 0.2) is 59.6 Å². The van der Waals surface area contributed by atoms with Crippen LogP contribution in [-0.2, 0) is 16.1 Å². The number of hydrogen-bond donors (Lipinski definition) is 3. The highest BCUT2D eigenvalue weighted by atomic mass is 35.5. The van der Waals surface area contributed by atoms with Crippen LogP contribution in [0.25, 0.3) is 0 Å². The van der Waals surface area contributed by atoms with Gasteiger partial charge in [-0.25, -0.2) is 4.99 Å². The van der Waals surface area contributed by atoms with Gasteiger partial charge in [0.15, 0.2) is 11.6 Å². The van der Waals surface area contributed by atoms with Crippen molar-refractivity contribution in [1.29, 1.82) is 0 Å².